The number of alkyl halides is 2. The van der Waals surface area contributed by atoms with Gasteiger partial charge in [0.1, 0.15) is 0 Å². The minimum absolute atomic E-state index is 0.0601. The number of hydrogen-bond donors (Lipinski definition) is 1. The first-order valence-corrected chi connectivity index (χ1v) is 4.93. The molecule has 0 aromatic heterocycles. The molecule has 0 bridgehead atoms. The Morgan fingerprint density at radius 1 is 1.67 bits per heavy atom. The maximum Gasteiger partial charge on any atom is 0.315 e. The summed E-state index contributed by atoms with van der Waals surface area (Å²) in [6.07, 6.45) is 1.07. The third-order valence-corrected chi connectivity index (χ3v) is 3.44. The number of carbonyl (C=O) groups excluding carboxylic acids is 1. The van der Waals surface area contributed by atoms with E-state index in [9.17, 15) is 13.6 Å². The van der Waals surface area contributed by atoms with Crippen LogP contribution in [0.25, 0.3) is 0 Å². The van der Waals surface area contributed by atoms with Gasteiger partial charge in [-0.25, -0.2) is 0 Å². The molecule has 70 valence electrons. The van der Waals surface area contributed by atoms with Gasteiger partial charge in [-0.3, -0.25) is 4.79 Å². The number of halogens is 2. The third-order valence-electron chi connectivity index (χ3n) is 2.02. The van der Waals surface area contributed by atoms with Gasteiger partial charge < -0.3 is 5.32 Å². The zero-order valence-corrected chi connectivity index (χ0v) is 7.59. The number of carbonyl (C=O) groups is 1. The van der Waals surface area contributed by atoms with Crippen LogP contribution in [0.4, 0.5) is 8.78 Å². The first-order valence-electron chi connectivity index (χ1n) is 3.71. The molecular weight excluding hydrogens is 184 g/mol. The Kier molecular flexibility index (Phi) is 2.93. The fourth-order valence-electron chi connectivity index (χ4n) is 0.918. The molecule has 0 aromatic rings. The van der Waals surface area contributed by atoms with Gasteiger partial charge >= 0.3 is 6.43 Å². The van der Waals surface area contributed by atoms with Crippen LogP contribution in [0.1, 0.15) is 12.8 Å². The van der Waals surface area contributed by atoms with Crippen LogP contribution in [0, 0.1) is 0 Å². The van der Waals surface area contributed by atoms with E-state index in [0.717, 1.165) is 12.8 Å². The van der Waals surface area contributed by atoms with E-state index in [1.54, 1.807) is 11.8 Å². The molecule has 1 aliphatic carbocycles. The van der Waals surface area contributed by atoms with E-state index in [1.807, 2.05) is 6.26 Å². The Morgan fingerprint density at radius 2 is 2.25 bits per heavy atom. The first kappa shape index (κ1) is 9.77. The minimum Gasteiger partial charge on any atom is -0.350 e. The molecule has 5 heteroatoms. The lowest BCUT2D eigenvalue weighted by atomic mass is 10.4. The average Bonchev–Trinajstić information content (AvgIpc) is 2.81. The van der Waals surface area contributed by atoms with E-state index in [4.69, 9.17) is 0 Å². The molecule has 0 radical (unpaired) electrons. The standard InChI is InChI=1S/C7H11F2NOS/c1-12-7(2-3-7)4-10-6(11)5(8)9/h5H,2-4H2,1H3,(H,10,11). The second-order valence-electron chi connectivity index (χ2n) is 2.91. The van der Waals surface area contributed by atoms with Crippen molar-refractivity contribution >= 4 is 17.7 Å². The second kappa shape index (κ2) is 3.60. The van der Waals surface area contributed by atoms with Crippen LogP contribution in [0.5, 0.6) is 0 Å². The lowest BCUT2D eigenvalue weighted by Gasteiger charge is -2.12. The quantitative estimate of drug-likeness (QED) is 0.731. The summed E-state index contributed by atoms with van der Waals surface area (Å²) in [7, 11) is 0. The van der Waals surface area contributed by atoms with Gasteiger partial charge in [0, 0.05) is 11.3 Å². The van der Waals surface area contributed by atoms with Gasteiger partial charge in [0.05, 0.1) is 0 Å². The second-order valence-corrected chi connectivity index (χ2v) is 4.18. The van der Waals surface area contributed by atoms with Gasteiger partial charge in [-0.2, -0.15) is 20.5 Å². The zero-order chi connectivity index (χ0) is 9.19. The van der Waals surface area contributed by atoms with Crippen molar-refractivity contribution in [2.24, 2.45) is 0 Å². The van der Waals surface area contributed by atoms with E-state index in [-0.39, 0.29) is 4.75 Å². The van der Waals surface area contributed by atoms with E-state index in [0.29, 0.717) is 6.54 Å². The maximum atomic E-state index is 11.7. The highest BCUT2D eigenvalue weighted by molar-refractivity contribution is 8.00. The molecule has 1 fully saturated rings. The van der Waals surface area contributed by atoms with E-state index >= 15 is 0 Å². The van der Waals surface area contributed by atoms with E-state index in [1.165, 1.54) is 0 Å². The van der Waals surface area contributed by atoms with Crippen molar-refractivity contribution in [3.05, 3.63) is 0 Å². The smallest absolute Gasteiger partial charge is 0.315 e. The van der Waals surface area contributed by atoms with Crippen LogP contribution in [0.2, 0.25) is 0 Å². The lowest BCUT2D eigenvalue weighted by Crippen LogP contribution is -2.35. The van der Waals surface area contributed by atoms with Gasteiger partial charge in [-0.15, -0.1) is 0 Å². The molecule has 0 spiro atoms. The zero-order valence-electron chi connectivity index (χ0n) is 6.77. The summed E-state index contributed by atoms with van der Waals surface area (Å²) in [5.74, 6) is -1.16. The Hall–Kier alpha value is -0.320. The lowest BCUT2D eigenvalue weighted by molar-refractivity contribution is -0.131. The molecule has 1 N–H and O–H groups in total. The summed E-state index contributed by atoms with van der Waals surface area (Å²) in [6, 6.07) is 0. The molecule has 0 aromatic carbocycles. The van der Waals surface area contributed by atoms with Crippen LogP contribution in [0.15, 0.2) is 0 Å². The fourth-order valence-corrected chi connectivity index (χ4v) is 1.64. The molecule has 12 heavy (non-hydrogen) atoms. The largest absolute Gasteiger partial charge is 0.350 e. The Balaban J connectivity index is 2.21. The van der Waals surface area contributed by atoms with Crippen LogP contribution < -0.4 is 5.32 Å². The number of amides is 1. The summed E-state index contributed by atoms with van der Waals surface area (Å²) in [5.41, 5.74) is 0. The van der Waals surface area contributed by atoms with Gasteiger partial charge in [-0.05, 0) is 19.1 Å². The SMILES string of the molecule is CSC1(CNC(=O)C(F)F)CC1. The molecule has 1 amide bonds. The summed E-state index contributed by atoms with van der Waals surface area (Å²) in [5, 5.41) is 2.23. The van der Waals surface area contributed by atoms with Crippen molar-refractivity contribution in [2.45, 2.75) is 24.0 Å². The summed E-state index contributed by atoms with van der Waals surface area (Å²) < 4.78 is 23.5. The van der Waals surface area contributed by atoms with Gasteiger partial charge in [0.25, 0.3) is 5.91 Å². The number of thioether (sulfide) groups is 1. The first-order chi connectivity index (χ1) is 5.59. The highest BCUT2D eigenvalue weighted by Gasteiger charge is 2.42. The van der Waals surface area contributed by atoms with Gasteiger partial charge in [0.15, 0.2) is 0 Å². The fraction of sp³-hybridized carbons (Fsp3) is 0.857. The predicted molar refractivity (Wildman–Crippen MR) is 44.5 cm³/mol. The molecule has 0 saturated heterocycles. The van der Waals surface area contributed by atoms with Crippen molar-refractivity contribution < 1.29 is 13.6 Å². The molecular formula is C7H11F2NOS. The topological polar surface area (TPSA) is 29.1 Å². The molecule has 1 saturated carbocycles. The van der Waals surface area contributed by atoms with Crippen LogP contribution in [-0.4, -0.2) is 29.9 Å². The molecule has 1 rings (SSSR count). The van der Waals surface area contributed by atoms with Crippen LogP contribution in [0.3, 0.4) is 0 Å². The Morgan fingerprint density at radius 3 is 2.58 bits per heavy atom. The molecule has 2 nitrogen and oxygen atoms in total. The maximum absolute atomic E-state index is 11.7. The summed E-state index contributed by atoms with van der Waals surface area (Å²) >= 11 is 1.63. The van der Waals surface area contributed by atoms with E-state index in [2.05, 4.69) is 5.32 Å². The van der Waals surface area contributed by atoms with Crippen molar-refractivity contribution in [1.82, 2.24) is 5.32 Å². The normalized spacial score (nSPS) is 19.3. The van der Waals surface area contributed by atoms with Crippen molar-refractivity contribution in [2.75, 3.05) is 12.8 Å². The van der Waals surface area contributed by atoms with Crippen LogP contribution >= 0.6 is 11.8 Å². The minimum atomic E-state index is -2.89. The Labute approximate surface area is 74.1 Å². The van der Waals surface area contributed by atoms with Gasteiger partial charge in [-0.1, -0.05) is 0 Å². The predicted octanol–water partition coefficient (Wildman–Crippen LogP) is 1.26. The van der Waals surface area contributed by atoms with Crippen LogP contribution in [-0.2, 0) is 4.79 Å². The monoisotopic (exact) mass is 195 g/mol. The highest BCUT2D eigenvalue weighted by atomic mass is 32.2. The highest BCUT2D eigenvalue weighted by Crippen LogP contribution is 2.46. The summed E-state index contributed by atoms with van der Waals surface area (Å²) in [6.45, 7) is 0.372. The molecule has 0 heterocycles. The van der Waals surface area contributed by atoms with Crippen molar-refractivity contribution in [3.8, 4) is 0 Å². The molecule has 0 unspecified atom stereocenters. The van der Waals surface area contributed by atoms with Crippen molar-refractivity contribution in [1.29, 1.82) is 0 Å². The number of nitrogens with one attached hydrogen (secondary N) is 1. The van der Waals surface area contributed by atoms with Gasteiger partial charge in [0.2, 0.25) is 0 Å². The molecule has 1 aliphatic rings. The van der Waals surface area contributed by atoms with Crippen molar-refractivity contribution in [3.63, 3.8) is 0 Å². The van der Waals surface area contributed by atoms with E-state index < -0.39 is 12.3 Å². The average molecular weight is 195 g/mol. The Bertz CT molecular complexity index is 182. The molecule has 0 aliphatic heterocycles. The third kappa shape index (κ3) is 2.33. The molecule has 0 atom stereocenters. The number of hydrogen-bond acceptors (Lipinski definition) is 2. The number of rotatable bonds is 4. The summed E-state index contributed by atoms with van der Waals surface area (Å²) in [4.78, 5) is 10.5.